The van der Waals surface area contributed by atoms with E-state index in [4.69, 9.17) is 0 Å². The van der Waals surface area contributed by atoms with Gasteiger partial charge in [0.15, 0.2) is 0 Å². The Kier molecular flexibility index (Phi) is 2.93. The van der Waals surface area contributed by atoms with Crippen molar-refractivity contribution in [2.45, 2.75) is 25.7 Å². The molecule has 20 heavy (non-hydrogen) atoms. The lowest BCUT2D eigenvalue weighted by atomic mass is 9.83. The molecule has 0 unspecified atom stereocenters. The third kappa shape index (κ3) is 1.94. The van der Waals surface area contributed by atoms with Crippen molar-refractivity contribution in [3.05, 3.63) is 77.5 Å². The van der Waals surface area contributed by atoms with Crippen LogP contribution in [0.25, 0.3) is 0 Å². The number of nitrogens with zero attached hydrogens (tertiary/aromatic N) is 1. The summed E-state index contributed by atoms with van der Waals surface area (Å²) in [7, 11) is 2.10. The number of anilines is 1. The Bertz CT molecular complexity index is 653. The van der Waals surface area contributed by atoms with E-state index in [-0.39, 0.29) is 5.41 Å². The molecule has 1 nitrogen and oxygen atoms in total. The number of likely N-dealkylation sites (N-methyl/N-ethyl adjacent to an activating group) is 1. The zero-order chi connectivity index (χ0) is 14.3. The summed E-state index contributed by atoms with van der Waals surface area (Å²) in [5.41, 5.74) is 6.60. The van der Waals surface area contributed by atoms with E-state index < -0.39 is 0 Å². The maximum atomic E-state index is 4.24. The number of rotatable bonds is 2. The van der Waals surface area contributed by atoms with Crippen LogP contribution in [0.1, 0.15) is 30.5 Å². The Morgan fingerprint density at radius 1 is 1.00 bits per heavy atom. The Labute approximate surface area is 121 Å². The van der Waals surface area contributed by atoms with Gasteiger partial charge >= 0.3 is 0 Å². The summed E-state index contributed by atoms with van der Waals surface area (Å²) in [6.45, 7) is 8.75. The van der Waals surface area contributed by atoms with Crippen LogP contribution in [-0.4, -0.2) is 7.05 Å². The van der Waals surface area contributed by atoms with Crippen molar-refractivity contribution in [1.82, 2.24) is 0 Å². The normalized spacial score (nSPS) is 16.4. The minimum atomic E-state index is 0.0246. The van der Waals surface area contributed by atoms with E-state index in [9.17, 15) is 0 Å². The summed E-state index contributed by atoms with van der Waals surface area (Å²) in [6, 6.07) is 17.4. The van der Waals surface area contributed by atoms with E-state index in [1.165, 1.54) is 28.1 Å². The lowest BCUT2D eigenvalue weighted by Gasteiger charge is -2.22. The van der Waals surface area contributed by atoms with Crippen molar-refractivity contribution >= 4 is 5.69 Å². The second-order valence-corrected chi connectivity index (χ2v) is 6.14. The monoisotopic (exact) mass is 263 g/mol. The van der Waals surface area contributed by atoms with Crippen LogP contribution >= 0.6 is 0 Å². The first kappa shape index (κ1) is 13.0. The highest BCUT2D eigenvalue weighted by Gasteiger charge is 2.37. The molecular weight excluding hydrogens is 242 g/mol. The molecule has 2 aromatic rings. The Morgan fingerprint density at radius 3 is 2.40 bits per heavy atom. The van der Waals surface area contributed by atoms with Crippen LogP contribution in [0.4, 0.5) is 5.69 Å². The predicted molar refractivity (Wildman–Crippen MR) is 86.3 cm³/mol. The molecule has 1 aliphatic heterocycles. The number of allylic oxidation sites excluding steroid dienone is 1. The number of hydrogen-bond donors (Lipinski definition) is 0. The van der Waals surface area contributed by atoms with Gasteiger partial charge in [0, 0.05) is 23.8 Å². The van der Waals surface area contributed by atoms with Crippen molar-refractivity contribution < 1.29 is 0 Å². The molecule has 0 atom stereocenters. The van der Waals surface area contributed by atoms with Crippen molar-refractivity contribution in [2.75, 3.05) is 11.9 Å². The minimum Gasteiger partial charge on any atom is -0.348 e. The minimum absolute atomic E-state index is 0.0246. The SMILES string of the molecule is C=C1N(C)c2ccc(Cc3ccccc3)cc2C1(C)C. The average Bonchev–Trinajstić information content (AvgIpc) is 2.62. The lowest BCUT2D eigenvalue weighted by molar-refractivity contribution is 0.642. The van der Waals surface area contributed by atoms with Crippen LogP contribution in [0, 0.1) is 0 Å². The first-order valence-electron chi connectivity index (χ1n) is 7.10. The van der Waals surface area contributed by atoms with Gasteiger partial charge in [0.1, 0.15) is 0 Å². The summed E-state index contributed by atoms with van der Waals surface area (Å²) in [4.78, 5) is 2.21. The molecule has 0 fully saturated rings. The lowest BCUT2D eigenvalue weighted by Crippen LogP contribution is -2.21. The fourth-order valence-electron chi connectivity index (χ4n) is 3.04. The van der Waals surface area contributed by atoms with Gasteiger partial charge in [-0.25, -0.2) is 0 Å². The second kappa shape index (κ2) is 4.52. The number of hydrogen-bond acceptors (Lipinski definition) is 1. The van der Waals surface area contributed by atoms with E-state index in [1.54, 1.807) is 0 Å². The van der Waals surface area contributed by atoms with Gasteiger partial charge < -0.3 is 4.90 Å². The van der Waals surface area contributed by atoms with E-state index in [0.717, 1.165) is 6.42 Å². The molecule has 102 valence electrons. The molecule has 2 aromatic carbocycles. The van der Waals surface area contributed by atoms with Crippen molar-refractivity contribution in [3.8, 4) is 0 Å². The van der Waals surface area contributed by atoms with Crippen LogP contribution in [-0.2, 0) is 11.8 Å². The maximum absolute atomic E-state index is 4.24. The van der Waals surface area contributed by atoms with Crippen LogP contribution in [0.3, 0.4) is 0 Å². The molecule has 0 bridgehead atoms. The standard InChI is InChI=1S/C19H21N/c1-14-19(2,3)17-13-16(10-11-18(17)20(14)4)12-15-8-6-5-7-9-15/h5-11,13H,1,12H2,2-4H3. The van der Waals surface area contributed by atoms with Crippen LogP contribution in [0.5, 0.6) is 0 Å². The van der Waals surface area contributed by atoms with E-state index in [1.807, 2.05) is 0 Å². The van der Waals surface area contributed by atoms with E-state index in [2.05, 4.69) is 80.9 Å². The number of benzene rings is 2. The average molecular weight is 263 g/mol. The predicted octanol–water partition coefficient (Wildman–Crippen LogP) is 4.52. The first-order chi connectivity index (χ1) is 9.50. The molecule has 0 saturated heterocycles. The van der Waals surface area contributed by atoms with Crippen molar-refractivity contribution in [3.63, 3.8) is 0 Å². The van der Waals surface area contributed by atoms with Gasteiger partial charge in [-0.1, -0.05) is 62.9 Å². The van der Waals surface area contributed by atoms with Gasteiger partial charge in [-0.05, 0) is 29.2 Å². The van der Waals surface area contributed by atoms with Crippen molar-refractivity contribution in [1.29, 1.82) is 0 Å². The molecule has 1 aliphatic rings. The summed E-state index contributed by atoms with van der Waals surface area (Å²) < 4.78 is 0. The molecule has 0 saturated carbocycles. The molecule has 1 heteroatoms. The Balaban J connectivity index is 1.99. The largest absolute Gasteiger partial charge is 0.348 e. The molecule has 3 rings (SSSR count). The Morgan fingerprint density at radius 2 is 1.70 bits per heavy atom. The quantitative estimate of drug-likeness (QED) is 0.770. The fraction of sp³-hybridized carbons (Fsp3) is 0.263. The second-order valence-electron chi connectivity index (χ2n) is 6.14. The summed E-state index contributed by atoms with van der Waals surface area (Å²) in [5, 5.41) is 0. The topological polar surface area (TPSA) is 3.24 Å². The summed E-state index contributed by atoms with van der Waals surface area (Å²) in [6.07, 6.45) is 0.986. The molecule has 0 amide bonds. The van der Waals surface area contributed by atoms with E-state index >= 15 is 0 Å². The van der Waals surface area contributed by atoms with E-state index in [0.29, 0.717) is 0 Å². The van der Waals surface area contributed by atoms with Gasteiger partial charge in [-0.3, -0.25) is 0 Å². The van der Waals surface area contributed by atoms with Gasteiger partial charge in [0.2, 0.25) is 0 Å². The van der Waals surface area contributed by atoms with Gasteiger partial charge in [-0.15, -0.1) is 0 Å². The maximum Gasteiger partial charge on any atom is 0.0447 e. The summed E-state index contributed by atoms with van der Waals surface area (Å²) >= 11 is 0. The molecule has 0 radical (unpaired) electrons. The molecule has 0 spiro atoms. The highest BCUT2D eigenvalue weighted by Crippen LogP contribution is 2.46. The zero-order valence-corrected chi connectivity index (χ0v) is 12.5. The highest BCUT2D eigenvalue weighted by molar-refractivity contribution is 5.70. The van der Waals surface area contributed by atoms with Crippen LogP contribution in [0.15, 0.2) is 60.8 Å². The molecule has 0 N–H and O–H groups in total. The van der Waals surface area contributed by atoms with Gasteiger partial charge in [0.05, 0.1) is 0 Å². The smallest absolute Gasteiger partial charge is 0.0447 e. The third-order valence-electron chi connectivity index (χ3n) is 4.47. The first-order valence-corrected chi connectivity index (χ1v) is 7.10. The third-order valence-corrected chi connectivity index (χ3v) is 4.47. The van der Waals surface area contributed by atoms with Crippen molar-refractivity contribution in [2.24, 2.45) is 0 Å². The zero-order valence-electron chi connectivity index (χ0n) is 12.5. The summed E-state index contributed by atoms with van der Waals surface area (Å²) in [5.74, 6) is 0. The fourth-order valence-corrected chi connectivity index (χ4v) is 3.04. The highest BCUT2D eigenvalue weighted by atomic mass is 15.1. The Hall–Kier alpha value is -2.02. The molecule has 0 aliphatic carbocycles. The van der Waals surface area contributed by atoms with Gasteiger partial charge in [0.25, 0.3) is 0 Å². The molecule has 0 aromatic heterocycles. The van der Waals surface area contributed by atoms with Crippen LogP contribution in [0.2, 0.25) is 0 Å². The van der Waals surface area contributed by atoms with Gasteiger partial charge in [-0.2, -0.15) is 0 Å². The molecule has 1 heterocycles. The van der Waals surface area contributed by atoms with Crippen LogP contribution < -0.4 is 4.90 Å². The number of fused-ring (bicyclic) bond motifs is 1. The molecular formula is C19H21N.